The molecule has 1 heteroatoms. The molecular formula is C12H23N. The van der Waals surface area contributed by atoms with E-state index >= 15 is 0 Å². The highest BCUT2D eigenvalue weighted by Crippen LogP contribution is 2.23. The van der Waals surface area contributed by atoms with Crippen molar-refractivity contribution in [3.8, 4) is 0 Å². The second-order valence-electron chi connectivity index (χ2n) is 4.53. The van der Waals surface area contributed by atoms with Gasteiger partial charge in [-0.2, -0.15) is 0 Å². The van der Waals surface area contributed by atoms with E-state index in [0.29, 0.717) is 0 Å². The highest BCUT2D eigenvalue weighted by Gasteiger charge is 2.19. The molecule has 0 bridgehead atoms. The Bertz CT molecular complexity index is 163. The Morgan fingerprint density at radius 2 is 2.08 bits per heavy atom. The van der Waals surface area contributed by atoms with Crippen molar-refractivity contribution < 1.29 is 0 Å². The molecule has 0 saturated heterocycles. The Morgan fingerprint density at radius 1 is 1.38 bits per heavy atom. The summed E-state index contributed by atoms with van der Waals surface area (Å²) in [4.78, 5) is 0. The van der Waals surface area contributed by atoms with Crippen LogP contribution in [0.4, 0.5) is 0 Å². The van der Waals surface area contributed by atoms with E-state index in [9.17, 15) is 0 Å². The maximum atomic E-state index is 3.92. The fourth-order valence-electron chi connectivity index (χ4n) is 2.09. The zero-order valence-electron chi connectivity index (χ0n) is 9.10. The van der Waals surface area contributed by atoms with Crippen LogP contribution in [0.2, 0.25) is 0 Å². The standard InChI is InChI=1S/C12H23N/c1-10(2)8-9-13-12-7-5-4-6-11(12)3/h11-13H,1,4-9H2,2-3H3. The molecule has 2 unspecified atom stereocenters. The normalized spacial score (nSPS) is 28.8. The number of hydrogen-bond donors (Lipinski definition) is 1. The lowest BCUT2D eigenvalue weighted by Gasteiger charge is -2.29. The number of nitrogens with one attached hydrogen (secondary N) is 1. The largest absolute Gasteiger partial charge is 0.313 e. The van der Waals surface area contributed by atoms with Gasteiger partial charge in [0.25, 0.3) is 0 Å². The second-order valence-corrected chi connectivity index (χ2v) is 4.53. The van der Waals surface area contributed by atoms with Crippen LogP contribution in [-0.4, -0.2) is 12.6 Å². The van der Waals surface area contributed by atoms with E-state index in [1.54, 1.807) is 0 Å². The minimum Gasteiger partial charge on any atom is -0.313 e. The monoisotopic (exact) mass is 181 g/mol. The topological polar surface area (TPSA) is 12.0 Å². The quantitative estimate of drug-likeness (QED) is 0.657. The van der Waals surface area contributed by atoms with Gasteiger partial charge in [0.1, 0.15) is 0 Å². The summed E-state index contributed by atoms with van der Waals surface area (Å²) in [5.41, 5.74) is 1.29. The lowest BCUT2D eigenvalue weighted by molar-refractivity contribution is 0.282. The third-order valence-electron chi connectivity index (χ3n) is 3.07. The molecule has 1 aliphatic carbocycles. The first-order valence-corrected chi connectivity index (χ1v) is 5.58. The average molecular weight is 181 g/mol. The Kier molecular flexibility index (Phi) is 4.51. The summed E-state index contributed by atoms with van der Waals surface area (Å²) in [5, 5.41) is 3.64. The van der Waals surface area contributed by atoms with Crippen molar-refractivity contribution in [3.63, 3.8) is 0 Å². The molecule has 1 fully saturated rings. The Balaban J connectivity index is 2.15. The van der Waals surface area contributed by atoms with Gasteiger partial charge in [-0.15, -0.1) is 6.58 Å². The lowest BCUT2D eigenvalue weighted by Crippen LogP contribution is -2.37. The van der Waals surface area contributed by atoms with Gasteiger partial charge in [-0.3, -0.25) is 0 Å². The van der Waals surface area contributed by atoms with Crippen LogP contribution in [0.5, 0.6) is 0 Å². The van der Waals surface area contributed by atoms with E-state index in [0.717, 1.165) is 24.9 Å². The van der Waals surface area contributed by atoms with E-state index in [-0.39, 0.29) is 0 Å². The molecule has 0 aromatic heterocycles. The molecule has 0 aromatic rings. The maximum absolute atomic E-state index is 3.92. The summed E-state index contributed by atoms with van der Waals surface area (Å²) in [7, 11) is 0. The van der Waals surface area contributed by atoms with Crippen LogP contribution >= 0.6 is 0 Å². The first-order valence-electron chi connectivity index (χ1n) is 5.58. The summed E-state index contributed by atoms with van der Waals surface area (Å²) in [6.07, 6.45) is 6.75. The molecule has 0 aliphatic heterocycles. The number of hydrogen-bond acceptors (Lipinski definition) is 1. The minimum atomic E-state index is 0.771. The van der Waals surface area contributed by atoms with Crippen molar-refractivity contribution >= 4 is 0 Å². The van der Waals surface area contributed by atoms with Gasteiger partial charge < -0.3 is 5.32 Å². The molecule has 1 N–H and O–H groups in total. The fraction of sp³-hybridized carbons (Fsp3) is 0.833. The van der Waals surface area contributed by atoms with Gasteiger partial charge in [-0.1, -0.05) is 25.3 Å². The van der Waals surface area contributed by atoms with Gasteiger partial charge in [0.05, 0.1) is 0 Å². The van der Waals surface area contributed by atoms with Gasteiger partial charge >= 0.3 is 0 Å². The molecule has 2 atom stereocenters. The van der Waals surface area contributed by atoms with Crippen LogP contribution in [-0.2, 0) is 0 Å². The van der Waals surface area contributed by atoms with Gasteiger partial charge in [0, 0.05) is 6.04 Å². The van der Waals surface area contributed by atoms with E-state index < -0.39 is 0 Å². The summed E-state index contributed by atoms with van der Waals surface area (Å²) in [6, 6.07) is 0.771. The predicted octanol–water partition coefficient (Wildman–Crippen LogP) is 3.12. The van der Waals surface area contributed by atoms with Crippen LogP contribution < -0.4 is 5.32 Å². The summed E-state index contributed by atoms with van der Waals surface area (Å²) >= 11 is 0. The first kappa shape index (κ1) is 10.8. The molecule has 0 radical (unpaired) electrons. The predicted molar refractivity (Wildman–Crippen MR) is 58.9 cm³/mol. The lowest BCUT2D eigenvalue weighted by atomic mass is 9.86. The van der Waals surface area contributed by atoms with Crippen molar-refractivity contribution in [2.75, 3.05) is 6.54 Å². The molecule has 1 nitrogen and oxygen atoms in total. The summed E-state index contributed by atoms with van der Waals surface area (Å²) < 4.78 is 0. The average Bonchev–Trinajstić information content (AvgIpc) is 2.08. The molecular weight excluding hydrogens is 158 g/mol. The second kappa shape index (κ2) is 5.43. The van der Waals surface area contributed by atoms with Crippen LogP contribution in [0.25, 0.3) is 0 Å². The molecule has 0 aromatic carbocycles. The van der Waals surface area contributed by atoms with E-state index in [1.807, 2.05) is 0 Å². The van der Waals surface area contributed by atoms with E-state index in [1.165, 1.54) is 31.3 Å². The molecule has 1 saturated carbocycles. The van der Waals surface area contributed by atoms with Crippen LogP contribution in [0, 0.1) is 5.92 Å². The Hall–Kier alpha value is -0.300. The summed E-state index contributed by atoms with van der Waals surface area (Å²) in [6.45, 7) is 9.51. The van der Waals surface area contributed by atoms with Gasteiger partial charge in [-0.25, -0.2) is 0 Å². The van der Waals surface area contributed by atoms with Crippen LogP contribution in [0.1, 0.15) is 46.0 Å². The van der Waals surface area contributed by atoms with E-state index in [2.05, 4.69) is 25.7 Å². The maximum Gasteiger partial charge on any atom is 0.00928 e. The van der Waals surface area contributed by atoms with Gasteiger partial charge in [0.15, 0.2) is 0 Å². The molecule has 0 amide bonds. The van der Waals surface area contributed by atoms with Gasteiger partial charge in [0.2, 0.25) is 0 Å². The zero-order valence-corrected chi connectivity index (χ0v) is 9.10. The summed E-state index contributed by atoms with van der Waals surface area (Å²) in [5.74, 6) is 0.874. The van der Waals surface area contributed by atoms with E-state index in [4.69, 9.17) is 0 Å². The zero-order chi connectivity index (χ0) is 9.68. The van der Waals surface area contributed by atoms with Crippen LogP contribution in [0.3, 0.4) is 0 Å². The minimum absolute atomic E-state index is 0.771. The SMILES string of the molecule is C=C(C)CCNC1CCCCC1C. The highest BCUT2D eigenvalue weighted by atomic mass is 14.9. The molecule has 76 valence electrons. The molecule has 0 spiro atoms. The first-order chi connectivity index (χ1) is 6.20. The smallest absolute Gasteiger partial charge is 0.00928 e. The number of rotatable bonds is 4. The third-order valence-corrected chi connectivity index (χ3v) is 3.07. The van der Waals surface area contributed by atoms with Crippen molar-refractivity contribution in [2.45, 2.75) is 52.0 Å². The van der Waals surface area contributed by atoms with Gasteiger partial charge in [-0.05, 0) is 38.6 Å². The van der Waals surface area contributed by atoms with Crippen molar-refractivity contribution in [3.05, 3.63) is 12.2 Å². The third kappa shape index (κ3) is 3.95. The van der Waals surface area contributed by atoms with Crippen molar-refractivity contribution in [1.82, 2.24) is 5.32 Å². The molecule has 1 aliphatic rings. The van der Waals surface area contributed by atoms with Crippen LogP contribution in [0.15, 0.2) is 12.2 Å². The molecule has 13 heavy (non-hydrogen) atoms. The molecule has 0 heterocycles. The highest BCUT2D eigenvalue weighted by molar-refractivity contribution is 4.89. The van der Waals surface area contributed by atoms with Crippen molar-refractivity contribution in [2.24, 2.45) is 5.92 Å². The Morgan fingerprint density at radius 3 is 2.69 bits per heavy atom. The fourth-order valence-corrected chi connectivity index (χ4v) is 2.09. The molecule has 1 rings (SSSR count). The Labute approximate surface area is 82.6 Å². The van der Waals surface area contributed by atoms with Crippen molar-refractivity contribution in [1.29, 1.82) is 0 Å².